The lowest BCUT2D eigenvalue weighted by Gasteiger charge is -2.17. The van der Waals surface area contributed by atoms with Crippen molar-refractivity contribution in [3.05, 3.63) is 84.4 Å². The number of aromatic amines is 1. The van der Waals surface area contributed by atoms with Crippen molar-refractivity contribution in [2.45, 2.75) is 26.4 Å². The van der Waals surface area contributed by atoms with Gasteiger partial charge in [0.1, 0.15) is 0 Å². The summed E-state index contributed by atoms with van der Waals surface area (Å²) in [5.74, 6) is -0.109. The van der Waals surface area contributed by atoms with E-state index < -0.39 is 0 Å². The monoisotopic (exact) mass is 438 g/mol. The topological polar surface area (TPSA) is 80.5 Å². The molecule has 5 aromatic rings. The summed E-state index contributed by atoms with van der Waals surface area (Å²) in [6.07, 6.45) is 7.69. The van der Waals surface area contributed by atoms with Crippen molar-refractivity contribution in [3.63, 3.8) is 0 Å². The molecule has 33 heavy (non-hydrogen) atoms. The lowest BCUT2D eigenvalue weighted by atomic mass is 9.97. The van der Waals surface area contributed by atoms with Crippen LogP contribution in [-0.2, 0) is 13.6 Å². The number of carbonyl (C=O) groups is 1. The van der Waals surface area contributed by atoms with Crippen molar-refractivity contribution >= 4 is 16.8 Å². The van der Waals surface area contributed by atoms with E-state index in [1.807, 2.05) is 73.8 Å². The van der Waals surface area contributed by atoms with Gasteiger partial charge in [0.05, 0.1) is 17.9 Å². The van der Waals surface area contributed by atoms with Crippen molar-refractivity contribution in [1.29, 1.82) is 0 Å². The zero-order valence-electron chi connectivity index (χ0n) is 18.9. The maximum absolute atomic E-state index is 13.0. The number of amides is 1. The average molecular weight is 439 g/mol. The predicted octanol–water partition coefficient (Wildman–Crippen LogP) is 4.94. The van der Waals surface area contributed by atoms with Gasteiger partial charge in [-0.2, -0.15) is 10.2 Å². The van der Waals surface area contributed by atoms with E-state index in [9.17, 15) is 4.79 Å². The lowest BCUT2D eigenvalue weighted by molar-refractivity contribution is 0.0940. The van der Waals surface area contributed by atoms with Crippen LogP contribution in [0.1, 0.15) is 35.8 Å². The maximum atomic E-state index is 13.0. The second-order valence-corrected chi connectivity index (χ2v) is 8.28. The van der Waals surface area contributed by atoms with Gasteiger partial charge in [-0.25, -0.2) is 0 Å². The molecule has 2 N–H and O–H groups in total. The highest BCUT2D eigenvalue weighted by atomic mass is 16.1. The Morgan fingerprint density at radius 2 is 1.94 bits per heavy atom. The van der Waals surface area contributed by atoms with Crippen LogP contribution in [0, 0.1) is 0 Å². The minimum Gasteiger partial charge on any atom is -0.361 e. The van der Waals surface area contributed by atoms with Gasteiger partial charge in [0, 0.05) is 54.4 Å². The summed E-state index contributed by atoms with van der Waals surface area (Å²) in [5, 5.41) is 13.2. The summed E-state index contributed by atoms with van der Waals surface area (Å²) >= 11 is 0. The molecule has 7 nitrogen and oxygen atoms in total. The van der Waals surface area contributed by atoms with Crippen LogP contribution >= 0.6 is 0 Å². The number of H-pyrrole nitrogens is 1. The minimum absolute atomic E-state index is 0.109. The van der Waals surface area contributed by atoms with Crippen molar-refractivity contribution in [2.24, 2.45) is 7.05 Å². The van der Waals surface area contributed by atoms with Gasteiger partial charge in [0.15, 0.2) is 0 Å². The van der Waals surface area contributed by atoms with Gasteiger partial charge in [-0.3, -0.25) is 14.2 Å². The first-order valence-electron chi connectivity index (χ1n) is 11.1. The quantitative estimate of drug-likeness (QED) is 0.394. The van der Waals surface area contributed by atoms with E-state index in [0.717, 1.165) is 45.4 Å². The first-order chi connectivity index (χ1) is 16.0. The van der Waals surface area contributed by atoms with E-state index in [1.165, 1.54) is 0 Å². The largest absolute Gasteiger partial charge is 0.361 e. The summed E-state index contributed by atoms with van der Waals surface area (Å²) in [6, 6.07) is 15.8. The molecule has 0 spiro atoms. The summed E-state index contributed by atoms with van der Waals surface area (Å²) < 4.78 is 3.70. The fourth-order valence-electron chi connectivity index (χ4n) is 4.03. The second-order valence-electron chi connectivity index (χ2n) is 8.28. The molecular formula is C26H26N6O. The molecule has 0 unspecified atom stereocenters. The van der Waals surface area contributed by atoms with Gasteiger partial charge in [0.25, 0.3) is 5.91 Å². The molecule has 0 fully saturated rings. The number of aromatic nitrogens is 5. The van der Waals surface area contributed by atoms with Gasteiger partial charge in [-0.1, -0.05) is 6.07 Å². The molecule has 1 atom stereocenters. The molecule has 2 aromatic carbocycles. The van der Waals surface area contributed by atoms with Crippen molar-refractivity contribution in [1.82, 2.24) is 29.9 Å². The molecule has 166 valence electrons. The Labute approximate surface area is 192 Å². The summed E-state index contributed by atoms with van der Waals surface area (Å²) in [7, 11) is 1.90. The number of rotatable bonds is 6. The van der Waals surface area contributed by atoms with Crippen LogP contribution in [0.25, 0.3) is 33.3 Å². The number of nitrogens with zero attached hydrogens (tertiary/aromatic N) is 4. The van der Waals surface area contributed by atoms with Crippen molar-refractivity contribution in [3.8, 4) is 22.4 Å². The molecule has 0 saturated carbocycles. The van der Waals surface area contributed by atoms with E-state index >= 15 is 0 Å². The molecule has 0 aliphatic carbocycles. The van der Waals surface area contributed by atoms with Crippen molar-refractivity contribution < 1.29 is 4.79 Å². The number of benzene rings is 2. The van der Waals surface area contributed by atoms with Gasteiger partial charge < -0.3 is 10.3 Å². The summed E-state index contributed by atoms with van der Waals surface area (Å²) in [4.78, 5) is 16.2. The highest BCUT2D eigenvalue weighted by Crippen LogP contribution is 2.30. The lowest BCUT2D eigenvalue weighted by Crippen LogP contribution is -2.26. The Bertz CT molecular complexity index is 1440. The highest BCUT2D eigenvalue weighted by Gasteiger charge is 2.16. The maximum Gasteiger partial charge on any atom is 0.251 e. The number of hydrogen-bond acceptors (Lipinski definition) is 3. The molecule has 0 aliphatic rings. The molecule has 0 radical (unpaired) electrons. The first kappa shape index (κ1) is 20.8. The average Bonchev–Trinajstić information content (AvgIpc) is 3.58. The standard InChI is InChI=1S/C26H26N6O/c1-4-32-10-8-24(30-32)22-12-20(11-21(13-22)23-15-28-31(3)16-23)17(2)29-26(33)19-6-5-18-7-9-27-25(18)14-19/h5-17,27H,4H2,1-3H3,(H,29,33)/t17-/m1/s1. The molecule has 3 heterocycles. The Balaban J connectivity index is 1.48. The van der Waals surface area contributed by atoms with E-state index in [-0.39, 0.29) is 11.9 Å². The van der Waals surface area contributed by atoms with Gasteiger partial charge >= 0.3 is 0 Å². The van der Waals surface area contributed by atoms with Crippen molar-refractivity contribution in [2.75, 3.05) is 0 Å². The number of aryl methyl sites for hydroxylation is 2. The van der Waals surface area contributed by atoms with Crippen LogP contribution in [0.4, 0.5) is 0 Å². The Hall–Kier alpha value is -4.13. The Kier molecular flexibility index (Phi) is 5.30. The van der Waals surface area contributed by atoms with Crippen LogP contribution in [0.2, 0.25) is 0 Å². The smallest absolute Gasteiger partial charge is 0.251 e. The predicted molar refractivity (Wildman–Crippen MR) is 130 cm³/mol. The van der Waals surface area contributed by atoms with Crippen LogP contribution in [0.15, 0.2) is 73.3 Å². The van der Waals surface area contributed by atoms with Crippen LogP contribution < -0.4 is 5.32 Å². The summed E-state index contributed by atoms with van der Waals surface area (Å²) in [6.45, 7) is 4.88. The number of fused-ring (bicyclic) bond motifs is 1. The zero-order chi connectivity index (χ0) is 22.9. The Morgan fingerprint density at radius 1 is 1.09 bits per heavy atom. The van der Waals surface area contributed by atoms with E-state index in [0.29, 0.717) is 5.56 Å². The Morgan fingerprint density at radius 3 is 2.70 bits per heavy atom. The molecule has 3 aromatic heterocycles. The zero-order valence-corrected chi connectivity index (χ0v) is 18.9. The second kappa shape index (κ2) is 8.43. The SMILES string of the molecule is CCn1ccc(-c2cc(-c3cnn(C)c3)cc([C@@H](C)NC(=O)c3ccc4cc[nH]c4c3)c2)n1. The molecule has 0 aliphatic heterocycles. The van der Waals surface area contributed by atoms with E-state index in [2.05, 4.69) is 45.6 Å². The van der Waals surface area contributed by atoms with Gasteiger partial charge in [0.2, 0.25) is 0 Å². The molecular weight excluding hydrogens is 412 g/mol. The summed E-state index contributed by atoms with van der Waals surface area (Å²) in [5.41, 5.74) is 6.55. The fraction of sp³-hybridized carbons (Fsp3) is 0.192. The molecule has 0 saturated heterocycles. The number of hydrogen-bond donors (Lipinski definition) is 2. The van der Waals surface area contributed by atoms with E-state index in [1.54, 1.807) is 4.68 Å². The van der Waals surface area contributed by atoms with Crippen LogP contribution in [0.5, 0.6) is 0 Å². The van der Waals surface area contributed by atoms with E-state index in [4.69, 9.17) is 0 Å². The number of nitrogens with one attached hydrogen (secondary N) is 2. The number of carbonyl (C=O) groups excluding carboxylic acids is 1. The minimum atomic E-state index is -0.194. The first-order valence-corrected chi connectivity index (χ1v) is 11.1. The molecule has 0 bridgehead atoms. The van der Waals surface area contributed by atoms with Gasteiger partial charge in [-0.05, 0) is 72.8 Å². The molecule has 1 amide bonds. The third-order valence-corrected chi connectivity index (χ3v) is 5.92. The van der Waals surface area contributed by atoms with Crippen LogP contribution in [0.3, 0.4) is 0 Å². The fourth-order valence-corrected chi connectivity index (χ4v) is 4.03. The van der Waals surface area contributed by atoms with Gasteiger partial charge in [-0.15, -0.1) is 0 Å². The van der Waals surface area contributed by atoms with Crippen LogP contribution in [-0.4, -0.2) is 30.5 Å². The third kappa shape index (κ3) is 4.17. The third-order valence-electron chi connectivity index (χ3n) is 5.92. The molecule has 7 heteroatoms. The molecule has 5 rings (SSSR count). The normalized spacial score (nSPS) is 12.2. The highest BCUT2D eigenvalue weighted by molar-refractivity contribution is 5.98.